The molecule has 4 nitrogen and oxygen atoms in total. The highest BCUT2D eigenvalue weighted by Crippen LogP contribution is 2.12. The van der Waals surface area contributed by atoms with Crippen molar-refractivity contribution in [2.75, 3.05) is 38.1 Å². The zero-order valence-corrected chi connectivity index (χ0v) is 13.8. The first kappa shape index (κ1) is 15.4. The normalized spacial score (nSPS) is 17.1. The molecule has 1 aromatic rings. The molecule has 1 saturated heterocycles. The number of amides is 1. The number of nitrogens with zero attached hydrogens (tertiary/aromatic N) is 3. The van der Waals surface area contributed by atoms with E-state index in [1.54, 1.807) is 0 Å². The van der Waals surface area contributed by atoms with Gasteiger partial charge in [0.1, 0.15) is 0 Å². The number of rotatable bonds is 3. The van der Waals surface area contributed by atoms with Crippen molar-refractivity contribution in [2.24, 2.45) is 0 Å². The highest BCUT2D eigenvalue weighted by molar-refractivity contribution is 9.09. The molecule has 1 aliphatic heterocycles. The van der Waals surface area contributed by atoms with Crippen LogP contribution in [-0.2, 0) is 0 Å². The molecular formula is C15H22BrN3O. The molecule has 2 heterocycles. The fourth-order valence-corrected chi connectivity index (χ4v) is 3.10. The Bertz CT molecular complexity index is 478. The third-order valence-electron chi connectivity index (χ3n) is 3.73. The maximum absolute atomic E-state index is 12.6. The summed E-state index contributed by atoms with van der Waals surface area (Å²) in [5, 5.41) is 0.988. The van der Waals surface area contributed by atoms with E-state index in [0.717, 1.165) is 61.4 Å². The molecule has 1 amide bonds. The quantitative estimate of drug-likeness (QED) is 0.792. The van der Waals surface area contributed by atoms with E-state index in [2.05, 4.69) is 25.8 Å². The maximum Gasteiger partial charge on any atom is 0.255 e. The van der Waals surface area contributed by atoms with E-state index in [0.29, 0.717) is 0 Å². The molecule has 0 atom stereocenters. The molecule has 0 spiro atoms. The summed E-state index contributed by atoms with van der Waals surface area (Å²) in [6.45, 7) is 8.58. The first-order valence-electron chi connectivity index (χ1n) is 7.13. The van der Waals surface area contributed by atoms with Crippen molar-refractivity contribution in [3.05, 3.63) is 29.1 Å². The summed E-state index contributed by atoms with van der Waals surface area (Å²) < 4.78 is 0. The van der Waals surface area contributed by atoms with Gasteiger partial charge in [0.25, 0.3) is 5.91 Å². The van der Waals surface area contributed by atoms with Crippen LogP contribution in [0.2, 0.25) is 0 Å². The third-order valence-corrected chi connectivity index (χ3v) is 4.09. The van der Waals surface area contributed by atoms with Gasteiger partial charge in [-0.3, -0.25) is 9.78 Å². The summed E-state index contributed by atoms with van der Waals surface area (Å²) in [5.74, 6) is 0.121. The number of carbonyl (C=O) groups excluding carboxylic acids is 1. The molecule has 5 heteroatoms. The largest absolute Gasteiger partial charge is 0.337 e. The molecule has 0 saturated carbocycles. The van der Waals surface area contributed by atoms with Crippen LogP contribution in [0.4, 0.5) is 0 Å². The van der Waals surface area contributed by atoms with Crippen LogP contribution in [0.25, 0.3) is 0 Å². The summed E-state index contributed by atoms with van der Waals surface area (Å²) in [4.78, 5) is 21.4. The molecule has 0 aliphatic carbocycles. The van der Waals surface area contributed by atoms with Crippen molar-refractivity contribution < 1.29 is 4.79 Å². The highest BCUT2D eigenvalue weighted by atomic mass is 79.9. The van der Waals surface area contributed by atoms with Gasteiger partial charge in [-0.2, -0.15) is 0 Å². The highest BCUT2D eigenvalue weighted by Gasteiger charge is 2.21. The SMILES string of the molecule is Cc1ccc(C(=O)N2CCCN(CCBr)CC2)c(C)n1. The Balaban J connectivity index is 2.05. The Hall–Kier alpha value is -0.940. The zero-order valence-electron chi connectivity index (χ0n) is 12.2. The molecule has 0 unspecified atom stereocenters. The van der Waals surface area contributed by atoms with Crippen molar-refractivity contribution >= 4 is 21.8 Å². The predicted molar refractivity (Wildman–Crippen MR) is 84.5 cm³/mol. The number of alkyl halides is 1. The monoisotopic (exact) mass is 339 g/mol. The van der Waals surface area contributed by atoms with Gasteiger partial charge in [-0.25, -0.2) is 0 Å². The summed E-state index contributed by atoms with van der Waals surface area (Å²) >= 11 is 3.48. The first-order chi connectivity index (χ1) is 9.61. The topological polar surface area (TPSA) is 36.4 Å². The first-order valence-corrected chi connectivity index (χ1v) is 8.26. The number of halogens is 1. The summed E-state index contributed by atoms with van der Waals surface area (Å²) in [6.07, 6.45) is 1.04. The molecule has 0 aromatic carbocycles. The van der Waals surface area contributed by atoms with Crippen LogP contribution in [0.1, 0.15) is 28.2 Å². The average molecular weight is 340 g/mol. The average Bonchev–Trinajstić information content (AvgIpc) is 2.64. The Kier molecular flexibility index (Phi) is 5.54. The van der Waals surface area contributed by atoms with Crippen molar-refractivity contribution in [3.8, 4) is 0 Å². The molecule has 1 aromatic heterocycles. The van der Waals surface area contributed by atoms with Gasteiger partial charge >= 0.3 is 0 Å². The van der Waals surface area contributed by atoms with Gasteiger partial charge < -0.3 is 9.80 Å². The summed E-state index contributed by atoms with van der Waals surface area (Å²) in [6, 6.07) is 3.82. The van der Waals surface area contributed by atoms with Gasteiger partial charge in [0.2, 0.25) is 0 Å². The molecule has 0 bridgehead atoms. The number of hydrogen-bond donors (Lipinski definition) is 0. The van der Waals surface area contributed by atoms with Crippen molar-refractivity contribution in [3.63, 3.8) is 0 Å². The number of pyridine rings is 1. The van der Waals surface area contributed by atoms with E-state index in [-0.39, 0.29) is 5.91 Å². The summed E-state index contributed by atoms with van der Waals surface area (Å²) in [7, 11) is 0. The molecule has 20 heavy (non-hydrogen) atoms. The molecule has 0 radical (unpaired) electrons. The van der Waals surface area contributed by atoms with Crippen molar-refractivity contribution in [2.45, 2.75) is 20.3 Å². The number of aromatic nitrogens is 1. The minimum absolute atomic E-state index is 0.121. The molecule has 1 aliphatic rings. The molecule has 0 N–H and O–H groups in total. The smallest absolute Gasteiger partial charge is 0.255 e. The van der Waals surface area contributed by atoms with Gasteiger partial charge in [-0.15, -0.1) is 0 Å². The minimum atomic E-state index is 0.121. The zero-order chi connectivity index (χ0) is 14.5. The minimum Gasteiger partial charge on any atom is -0.337 e. The second kappa shape index (κ2) is 7.18. The Morgan fingerprint density at radius 3 is 2.75 bits per heavy atom. The fourth-order valence-electron chi connectivity index (χ4n) is 2.60. The Labute approximate surface area is 129 Å². The Morgan fingerprint density at radius 1 is 1.25 bits per heavy atom. The van der Waals surface area contributed by atoms with Crippen LogP contribution >= 0.6 is 15.9 Å². The lowest BCUT2D eigenvalue weighted by molar-refractivity contribution is 0.0760. The van der Waals surface area contributed by atoms with Crippen molar-refractivity contribution in [1.82, 2.24) is 14.8 Å². The number of aryl methyl sites for hydroxylation is 2. The summed E-state index contributed by atoms with van der Waals surface area (Å²) in [5.41, 5.74) is 2.53. The fraction of sp³-hybridized carbons (Fsp3) is 0.600. The van der Waals surface area contributed by atoms with Gasteiger partial charge in [-0.1, -0.05) is 15.9 Å². The second-order valence-corrected chi connectivity index (χ2v) is 6.05. The van der Waals surface area contributed by atoms with Crippen molar-refractivity contribution in [1.29, 1.82) is 0 Å². The van der Waals surface area contributed by atoms with E-state index in [1.165, 1.54) is 0 Å². The predicted octanol–water partition coefficient (Wildman–Crippen LogP) is 2.24. The Morgan fingerprint density at radius 2 is 2.05 bits per heavy atom. The van der Waals surface area contributed by atoms with E-state index in [1.807, 2.05) is 30.9 Å². The van der Waals surface area contributed by atoms with E-state index < -0.39 is 0 Å². The number of carbonyl (C=O) groups is 1. The second-order valence-electron chi connectivity index (χ2n) is 5.26. The van der Waals surface area contributed by atoms with Crippen LogP contribution in [-0.4, -0.2) is 58.7 Å². The van der Waals surface area contributed by atoms with Gasteiger partial charge in [-0.05, 0) is 38.9 Å². The molecule has 110 valence electrons. The molecule has 1 fully saturated rings. The number of hydrogen-bond acceptors (Lipinski definition) is 3. The lowest BCUT2D eigenvalue weighted by Crippen LogP contribution is -2.36. The van der Waals surface area contributed by atoms with Crippen LogP contribution < -0.4 is 0 Å². The van der Waals surface area contributed by atoms with Gasteiger partial charge in [0.15, 0.2) is 0 Å². The molecule has 2 rings (SSSR count). The van der Waals surface area contributed by atoms with Gasteiger partial charge in [0.05, 0.1) is 11.3 Å². The third kappa shape index (κ3) is 3.79. The van der Waals surface area contributed by atoms with Crippen LogP contribution in [0.5, 0.6) is 0 Å². The van der Waals surface area contributed by atoms with E-state index >= 15 is 0 Å². The van der Waals surface area contributed by atoms with E-state index in [4.69, 9.17) is 0 Å². The standard InChI is InChI=1S/C15H22BrN3O/c1-12-4-5-14(13(2)17-12)15(20)19-8-3-7-18(9-6-16)10-11-19/h4-5H,3,6-11H2,1-2H3. The van der Waals surface area contributed by atoms with E-state index in [9.17, 15) is 4.79 Å². The maximum atomic E-state index is 12.6. The van der Waals surface area contributed by atoms with Gasteiger partial charge in [0, 0.05) is 37.2 Å². The molecular weight excluding hydrogens is 318 g/mol. The van der Waals surface area contributed by atoms with Crippen LogP contribution in [0.15, 0.2) is 12.1 Å². The van der Waals surface area contributed by atoms with Crippen LogP contribution in [0, 0.1) is 13.8 Å². The lowest BCUT2D eigenvalue weighted by atomic mass is 10.1. The lowest BCUT2D eigenvalue weighted by Gasteiger charge is -2.22. The van der Waals surface area contributed by atoms with Crippen LogP contribution in [0.3, 0.4) is 0 Å².